The van der Waals surface area contributed by atoms with Crippen LogP contribution in [0.15, 0.2) is 0 Å². The fourth-order valence-electron chi connectivity index (χ4n) is 2.10. The van der Waals surface area contributed by atoms with Crippen molar-refractivity contribution >= 4 is 9.76 Å². The van der Waals surface area contributed by atoms with E-state index in [1.165, 1.54) is 58.0 Å². The SMILES string of the molecule is CCCCO[SiH2]CN(CCCN(C)C)CCCN(C)C. The molecule has 0 aliphatic rings. The molecule has 0 aromatic rings. The average molecular weight is 304 g/mol. The van der Waals surface area contributed by atoms with E-state index in [1.54, 1.807) is 0 Å². The second kappa shape index (κ2) is 14.0. The number of hydrogen-bond acceptors (Lipinski definition) is 4. The quantitative estimate of drug-likeness (QED) is 0.353. The zero-order chi connectivity index (χ0) is 15.2. The van der Waals surface area contributed by atoms with E-state index in [2.05, 4.69) is 49.8 Å². The van der Waals surface area contributed by atoms with Crippen LogP contribution in [0.5, 0.6) is 0 Å². The van der Waals surface area contributed by atoms with Gasteiger partial charge in [-0.05, 0) is 73.6 Å². The van der Waals surface area contributed by atoms with Gasteiger partial charge in [0.2, 0.25) is 0 Å². The van der Waals surface area contributed by atoms with Crippen LogP contribution in [0.1, 0.15) is 32.6 Å². The molecule has 0 rings (SSSR count). The summed E-state index contributed by atoms with van der Waals surface area (Å²) in [5.74, 6) is 0. The van der Waals surface area contributed by atoms with Crippen LogP contribution in [0.4, 0.5) is 0 Å². The van der Waals surface area contributed by atoms with Crippen molar-refractivity contribution in [2.24, 2.45) is 0 Å². The molecule has 0 heterocycles. The summed E-state index contributed by atoms with van der Waals surface area (Å²) in [4.78, 5) is 7.16. The molecule has 0 spiro atoms. The van der Waals surface area contributed by atoms with E-state index in [9.17, 15) is 0 Å². The molecule has 0 saturated heterocycles. The van der Waals surface area contributed by atoms with Gasteiger partial charge in [-0.1, -0.05) is 13.3 Å². The normalized spacial score (nSPS) is 12.6. The minimum atomic E-state index is -0.352. The Hall–Kier alpha value is 0.0569. The van der Waals surface area contributed by atoms with Gasteiger partial charge >= 0.3 is 0 Å². The molecule has 0 amide bonds. The third kappa shape index (κ3) is 14.5. The molecule has 122 valence electrons. The number of unbranched alkanes of at least 4 members (excludes halogenated alkanes) is 1. The van der Waals surface area contributed by atoms with Crippen molar-refractivity contribution in [1.29, 1.82) is 0 Å². The predicted molar refractivity (Wildman–Crippen MR) is 92.2 cm³/mol. The van der Waals surface area contributed by atoms with E-state index in [0.29, 0.717) is 0 Å². The van der Waals surface area contributed by atoms with Gasteiger partial charge in [0.25, 0.3) is 0 Å². The molecule has 0 aromatic heterocycles. The molecule has 5 heteroatoms. The van der Waals surface area contributed by atoms with Gasteiger partial charge in [0, 0.05) is 12.8 Å². The van der Waals surface area contributed by atoms with Crippen LogP contribution in [0, 0.1) is 0 Å². The Morgan fingerprint density at radius 3 is 1.80 bits per heavy atom. The van der Waals surface area contributed by atoms with Crippen molar-refractivity contribution in [3.63, 3.8) is 0 Å². The molecule has 0 saturated carbocycles. The Morgan fingerprint density at radius 2 is 1.35 bits per heavy atom. The minimum absolute atomic E-state index is 0.352. The van der Waals surface area contributed by atoms with Gasteiger partial charge in [0.05, 0.1) is 0 Å². The van der Waals surface area contributed by atoms with E-state index in [0.717, 1.165) is 6.61 Å². The minimum Gasteiger partial charge on any atom is -0.423 e. The Bertz CT molecular complexity index is 190. The molecular formula is C15H37N3OSi. The lowest BCUT2D eigenvalue weighted by Gasteiger charge is -2.23. The van der Waals surface area contributed by atoms with Gasteiger partial charge in [-0.25, -0.2) is 0 Å². The van der Waals surface area contributed by atoms with Crippen LogP contribution in [-0.2, 0) is 4.43 Å². The van der Waals surface area contributed by atoms with E-state index in [4.69, 9.17) is 4.43 Å². The lowest BCUT2D eigenvalue weighted by atomic mass is 10.3. The van der Waals surface area contributed by atoms with Gasteiger partial charge in [0.15, 0.2) is 9.76 Å². The van der Waals surface area contributed by atoms with Gasteiger partial charge in [-0.15, -0.1) is 0 Å². The van der Waals surface area contributed by atoms with Gasteiger partial charge in [0.1, 0.15) is 0 Å². The molecule has 0 aliphatic heterocycles. The molecule has 0 aliphatic carbocycles. The summed E-state index contributed by atoms with van der Waals surface area (Å²) in [6, 6.07) is 0. The zero-order valence-electron chi connectivity index (χ0n) is 14.5. The third-order valence-corrected chi connectivity index (χ3v) is 4.75. The van der Waals surface area contributed by atoms with Crippen molar-refractivity contribution in [2.45, 2.75) is 32.6 Å². The van der Waals surface area contributed by atoms with Gasteiger partial charge < -0.3 is 19.1 Å². The first-order valence-corrected chi connectivity index (χ1v) is 9.73. The summed E-state index contributed by atoms with van der Waals surface area (Å²) in [6.07, 6.45) is 6.19. The van der Waals surface area contributed by atoms with E-state index in [1.807, 2.05) is 0 Å². The smallest absolute Gasteiger partial charge is 0.175 e. The van der Waals surface area contributed by atoms with Crippen molar-refractivity contribution in [3.05, 3.63) is 0 Å². The average Bonchev–Trinajstić information content (AvgIpc) is 2.37. The maximum atomic E-state index is 5.84. The Balaban J connectivity index is 3.79. The first-order chi connectivity index (χ1) is 9.56. The molecule has 0 atom stereocenters. The van der Waals surface area contributed by atoms with Crippen molar-refractivity contribution in [1.82, 2.24) is 14.7 Å². The Morgan fingerprint density at radius 1 is 0.800 bits per heavy atom. The summed E-state index contributed by atoms with van der Waals surface area (Å²) in [7, 11) is 8.25. The summed E-state index contributed by atoms with van der Waals surface area (Å²) < 4.78 is 5.84. The lowest BCUT2D eigenvalue weighted by molar-refractivity contribution is 0.251. The van der Waals surface area contributed by atoms with Gasteiger partial charge in [-0.2, -0.15) is 0 Å². The largest absolute Gasteiger partial charge is 0.423 e. The monoisotopic (exact) mass is 303 g/mol. The first kappa shape index (κ1) is 20.1. The number of hydrogen-bond donors (Lipinski definition) is 0. The highest BCUT2D eigenvalue weighted by atomic mass is 28.2. The van der Waals surface area contributed by atoms with Gasteiger partial charge in [-0.3, -0.25) is 0 Å². The fraction of sp³-hybridized carbons (Fsp3) is 1.00. The highest BCUT2D eigenvalue weighted by molar-refractivity contribution is 6.27. The molecule has 0 unspecified atom stereocenters. The van der Waals surface area contributed by atoms with Crippen LogP contribution < -0.4 is 0 Å². The van der Waals surface area contributed by atoms with E-state index >= 15 is 0 Å². The van der Waals surface area contributed by atoms with Crippen molar-refractivity contribution in [2.75, 3.05) is 67.1 Å². The molecule has 0 aromatic carbocycles. The maximum absolute atomic E-state index is 5.84. The highest BCUT2D eigenvalue weighted by Crippen LogP contribution is 1.97. The molecule has 20 heavy (non-hydrogen) atoms. The van der Waals surface area contributed by atoms with Crippen LogP contribution in [-0.4, -0.2) is 91.6 Å². The maximum Gasteiger partial charge on any atom is 0.175 e. The number of nitrogens with zero attached hydrogens (tertiary/aromatic N) is 3. The molecule has 0 bridgehead atoms. The first-order valence-electron chi connectivity index (χ1n) is 8.15. The Labute approximate surface area is 129 Å². The molecule has 0 fully saturated rings. The molecular weight excluding hydrogens is 266 g/mol. The van der Waals surface area contributed by atoms with Crippen LogP contribution in [0.2, 0.25) is 0 Å². The molecule has 0 N–H and O–H groups in total. The topological polar surface area (TPSA) is 19.0 Å². The van der Waals surface area contributed by atoms with Crippen LogP contribution >= 0.6 is 0 Å². The molecule has 4 nitrogen and oxygen atoms in total. The lowest BCUT2D eigenvalue weighted by Crippen LogP contribution is -2.34. The predicted octanol–water partition coefficient (Wildman–Crippen LogP) is 1.05. The van der Waals surface area contributed by atoms with Crippen LogP contribution in [0.25, 0.3) is 0 Å². The standard InChI is InChI=1S/C15H37N3OSi/c1-6-7-14-19-20-15-18(12-8-10-16(2)3)13-9-11-17(4)5/h6-15,20H2,1-5H3. The van der Waals surface area contributed by atoms with Crippen LogP contribution in [0.3, 0.4) is 0 Å². The fourth-order valence-corrected chi connectivity index (χ4v) is 3.34. The van der Waals surface area contributed by atoms with E-state index < -0.39 is 0 Å². The second-order valence-corrected chi connectivity index (χ2v) is 7.38. The van der Waals surface area contributed by atoms with Crippen molar-refractivity contribution in [3.8, 4) is 0 Å². The Kier molecular flexibility index (Phi) is 14.1. The zero-order valence-corrected chi connectivity index (χ0v) is 15.9. The summed E-state index contributed by atoms with van der Waals surface area (Å²) in [5, 5.41) is 0. The number of rotatable bonds is 14. The molecule has 0 radical (unpaired) electrons. The third-order valence-electron chi connectivity index (χ3n) is 3.35. The van der Waals surface area contributed by atoms with Crippen molar-refractivity contribution < 1.29 is 4.43 Å². The highest BCUT2D eigenvalue weighted by Gasteiger charge is 2.06. The summed E-state index contributed by atoms with van der Waals surface area (Å²) in [6.45, 7) is 8.00. The summed E-state index contributed by atoms with van der Waals surface area (Å²) in [5.41, 5.74) is 0. The second-order valence-electron chi connectivity index (χ2n) is 6.12. The summed E-state index contributed by atoms with van der Waals surface area (Å²) >= 11 is 0. The van der Waals surface area contributed by atoms with E-state index in [-0.39, 0.29) is 9.76 Å².